The third-order valence-corrected chi connectivity index (χ3v) is 8.06. The monoisotopic (exact) mass is 565 g/mol. The maximum Gasteiger partial charge on any atom is 0.250 e. The van der Waals surface area contributed by atoms with Gasteiger partial charge < -0.3 is 19.5 Å². The van der Waals surface area contributed by atoms with Crippen LogP contribution < -0.4 is 5.32 Å². The lowest BCUT2D eigenvalue weighted by Gasteiger charge is -2.31. The second kappa shape index (κ2) is 12.1. The SMILES string of the molecule is Cc1ccccc1CCN(C(=O)Cn1nnc2ccccc21)[C@H](C(=O)NC[C@@H]1CCCO1)c1nc2ccccc2n1C. The minimum absolute atomic E-state index is 0.0346. The highest BCUT2D eigenvalue weighted by Crippen LogP contribution is 2.26. The Morgan fingerprint density at radius 3 is 2.52 bits per heavy atom. The van der Waals surface area contributed by atoms with E-state index in [2.05, 4.69) is 34.7 Å². The quantitative estimate of drug-likeness (QED) is 0.277. The Kier molecular flexibility index (Phi) is 7.96. The van der Waals surface area contributed by atoms with E-state index < -0.39 is 6.04 Å². The fourth-order valence-corrected chi connectivity index (χ4v) is 5.71. The van der Waals surface area contributed by atoms with Crippen LogP contribution in [0.2, 0.25) is 0 Å². The summed E-state index contributed by atoms with van der Waals surface area (Å²) in [4.78, 5) is 34.9. The number of hydrogen-bond donors (Lipinski definition) is 1. The van der Waals surface area contributed by atoms with Gasteiger partial charge in [0.2, 0.25) is 5.91 Å². The van der Waals surface area contributed by atoms with Crippen molar-refractivity contribution >= 4 is 33.9 Å². The van der Waals surface area contributed by atoms with E-state index in [1.165, 1.54) is 0 Å². The van der Waals surface area contributed by atoms with Gasteiger partial charge in [-0.15, -0.1) is 5.10 Å². The lowest BCUT2D eigenvalue weighted by atomic mass is 10.0. The van der Waals surface area contributed by atoms with Crippen LogP contribution >= 0.6 is 0 Å². The molecule has 0 aliphatic carbocycles. The Bertz CT molecular complexity index is 1720. The number of nitrogens with zero attached hydrogens (tertiary/aromatic N) is 6. The van der Waals surface area contributed by atoms with Gasteiger partial charge in [-0.2, -0.15) is 0 Å². The molecule has 0 bridgehead atoms. The highest BCUT2D eigenvalue weighted by atomic mass is 16.5. The maximum atomic E-state index is 14.3. The van der Waals surface area contributed by atoms with Crippen molar-refractivity contribution < 1.29 is 14.3 Å². The molecule has 0 saturated carbocycles. The molecule has 42 heavy (non-hydrogen) atoms. The minimum atomic E-state index is -0.963. The van der Waals surface area contributed by atoms with Crippen LogP contribution in [0.3, 0.4) is 0 Å². The number of para-hydroxylation sites is 3. The van der Waals surface area contributed by atoms with Crippen LogP contribution in [-0.4, -0.2) is 67.1 Å². The molecule has 2 amide bonds. The molecule has 10 heteroatoms. The molecule has 10 nitrogen and oxygen atoms in total. The molecule has 2 aromatic heterocycles. The summed E-state index contributed by atoms with van der Waals surface area (Å²) in [7, 11) is 1.89. The van der Waals surface area contributed by atoms with E-state index in [0.717, 1.165) is 40.5 Å². The van der Waals surface area contributed by atoms with Crippen LogP contribution in [0.4, 0.5) is 0 Å². The normalized spacial score (nSPS) is 15.7. The second-order valence-corrected chi connectivity index (χ2v) is 10.8. The molecule has 3 aromatic carbocycles. The van der Waals surface area contributed by atoms with Crippen LogP contribution in [-0.2, 0) is 34.3 Å². The fourth-order valence-electron chi connectivity index (χ4n) is 5.71. The Balaban J connectivity index is 1.39. The number of benzene rings is 3. The molecule has 0 spiro atoms. The Morgan fingerprint density at radius 2 is 1.76 bits per heavy atom. The van der Waals surface area contributed by atoms with Crippen LogP contribution in [0.1, 0.15) is 35.8 Å². The van der Waals surface area contributed by atoms with Crippen molar-refractivity contribution in [3.63, 3.8) is 0 Å². The maximum absolute atomic E-state index is 14.3. The lowest BCUT2D eigenvalue weighted by molar-refractivity contribution is -0.142. The molecule has 1 fully saturated rings. The van der Waals surface area contributed by atoms with Crippen molar-refractivity contribution in [2.24, 2.45) is 7.05 Å². The molecule has 0 radical (unpaired) electrons. The van der Waals surface area contributed by atoms with Gasteiger partial charge in [0.15, 0.2) is 6.04 Å². The second-order valence-electron chi connectivity index (χ2n) is 10.8. The summed E-state index contributed by atoms with van der Waals surface area (Å²) in [5, 5.41) is 11.6. The summed E-state index contributed by atoms with van der Waals surface area (Å²) < 4.78 is 9.26. The highest BCUT2D eigenvalue weighted by molar-refractivity contribution is 5.90. The molecule has 1 aliphatic heterocycles. The number of carbonyl (C=O) groups is 2. The van der Waals surface area contributed by atoms with Gasteiger partial charge in [0.05, 0.1) is 22.7 Å². The van der Waals surface area contributed by atoms with Gasteiger partial charge in [-0.3, -0.25) is 9.59 Å². The molecule has 2 atom stereocenters. The molecule has 1 saturated heterocycles. The standard InChI is InChI=1S/C32H35N7O3/c1-22-10-3-4-11-23(22)17-18-38(29(40)21-39-28-16-8-6-14-26(28)35-36-39)30(32(41)33-20-24-12-9-19-42-24)31-34-25-13-5-7-15-27(25)37(31)2/h3-8,10-11,13-16,24,30H,9,12,17-21H2,1-2H3,(H,33,41)/t24-,30-/m0/s1. The van der Waals surface area contributed by atoms with Crippen LogP contribution in [0, 0.1) is 6.92 Å². The first kappa shape index (κ1) is 27.6. The van der Waals surface area contributed by atoms with Crippen molar-refractivity contribution in [1.82, 2.24) is 34.8 Å². The number of hydrogen-bond acceptors (Lipinski definition) is 6. The summed E-state index contributed by atoms with van der Waals surface area (Å²) in [6.07, 6.45) is 2.41. The zero-order valence-electron chi connectivity index (χ0n) is 23.9. The number of amides is 2. The first-order valence-corrected chi connectivity index (χ1v) is 14.4. The number of nitrogens with one attached hydrogen (secondary N) is 1. The smallest absolute Gasteiger partial charge is 0.250 e. The molecule has 5 aromatic rings. The lowest BCUT2D eigenvalue weighted by Crippen LogP contribution is -2.48. The predicted octanol–water partition coefficient (Wildman–Crippen LogP) is 3.73. The Morgan fingerprint density at radius 1 is 1.02 bits per heavy atom. The topological polar surface area (TPSA) is 107 Å². The van der Waals surface area contributed by atoms with Crippen molar-refractivity contribution in [1.29, 1.82) is 0 Å². The Labute approximate surface area is 244 Å². The van der Waals surface area contributed by atoms with E-state index in [-0.39, 0.29) is 24.5 Å². The molecular weight excluding hydrogens is 530 g/mol. The number of fused-ring (bicyclic) bond motifs is 2. The van der Waals surface area contributed by atoms with Gasteiger partial charge in [-0.25, -0.2) is 9.67 Å². The predicted molar refractivity (Wildman–Crippen MR) is 160 cm³/mol. The van der Waals surface area contributed by atoms with Crippen LogP contribution in [0.5, 0.6) is 0 Å². The van der Waals surface area contributed by atoms with E-state index >= 15 is 0 Å². The van der Waals surface area contributed by atoms with Gasteiger partial charge in [0, 0.05) is 26.7 Å². The highest BCUT2D eigenvalue weighted by Gasteiger charge is 2.36. The molecule has 0 unspecified atom stereocenters. The van der Waals surface area contributed by atoms with Gasteiger partial charge in [0.1, 0.15) is 17.9 Å². The summed E-state index contributed by atoms with van der Waals surface area (Å²) >= 11 is 0. The third kappa shape index (κ3) is 5.62. The number of carbonyl (C=O) groups excluding carboxylic acids is 2. The van der Waals surface area contributed by atoms with Gasteiger partial charge in [0.25, 0.3) is 5.91 Å². The summed E-state index contributed by atoms with van der Waals surface area (Å²) in [5.74, 6) is -0.0309. The van der Waals surface area contributed by atoms with Crippen molar-refractivity contribution in [2.75, 3.05) is 19.7 Å². The summed E-state index contributed by atoms with van der Waals surface area (Å²) in [6, 6.07) is 22.4. The molecular formula is C32H35N7O3. The van der Waals surface area contributed by atoms with E-state index in [1.54, 1.807) is 9.58 Å². The number of rotatable bonds is 10. The van der Waals surface area contributed by atoms with E-state index in [0.29, 0.717) is 37.5 Å². The van der Waals surface area contributed by atoms with E-state index in [1.807, 2.05) is 72.3 Å². The first-order valence-electron chi connectivity index (χ1n) is 14.4. The van der Waals surface area contributed by atoms with Crippen LogP contribution in [0.25, 0.3) is 22.1 Å². The average Bonchev–Trinajstić information content (AvgIpc) is 3.75. The zero-order valence-corrected chi connectivity index (χ0v) is 23.9. The van der Waals surface area contributed by atoms with E-state index in [9.17, 15) is 9.59 Å². The average molecular weight is 566 g/mol. The number of aryl methyl sites for hydroxylation is 2. The van der Waals surface area contributed by atoms with Crippen molar-refractivity contribution in [2.45, 2.75) is 44.9 Å². The van der Waals surface area contributed by atoms with Gasteiger partial charge >= 0.3 is 0 Å². The van der Waals surface area contributed by atoms with Crippen molar-refractivity contribution in [3.05, 3.63) is 89.7 Å². The molecule has 1 aliphatic rings. The van der Waals surface area contributed by atoms with Crippen molar-refractivity contribution in [3.8, 4) is 0 Å². The molecule has 3 heterocycles. The molecule has 6 rings (SSSR count). The van der Waals surface area contributed by atoms with Gasteiger partial charge in [-0.1, -0.05) is 53.7 Å². The Hall–Kier alpha value is -4.57. The van der Waals surface area contributed by atoms with E-state index in [4.69, 9.17) is 9.72 Å². The number of imidazole rings is 1. The van der Waals surface area contributed by atoms with Gasteiger partial charge in [-0.05, 0) is 61.6 Å². The fraction of sp³-hybridized carbons (Fsp3) is 0.344. The van der Waals surface area contributed by atoms with Crippen LogP contribution in [0.15, 0.2) is 72.8 Å². The molecule has 216 valence electrons. The summed E-state index contributed by atoms with van der Waals surface area (Å²) in [6.45, 7) is 3.39. The third-order valence-electron chi connectivity index (χ3n) is 8.06. The number of aromatic nitrogens is 5. The first-order chi connectivity index (χ1) is 20.5. The molecule has 1 N–H and O–H groups in total. The zero-order chi connectivity index (χ0) is 29.1. The largest absolute Gasteiger partial charge is 0.376 e. The number of ether oxygens (including phenoxy) is 1. The summed E-state index contributed by atoms with van der Waals surface area (Å²) in [5.41, 5.74) is 5.36. The minimum Gasteiger partial charge on any atom is -0.376 e.